The van der Waals surface area contributed by atoms with E-state index in [1.54, 1.807) is 54.9 Å². The summed E-state index contributed by atoms with van der Waals surface area (Å²) in [5, 5.41) is 58.5. The highest BCUT2D eigenvalue weighted by molar-refractivity contribution is 5.93. The van der Waals surface area contributed by atoms with E-state index >= 15 is 0 Å². The minimum atomic E-state index is -4.89. The van der Waals surface area contributed by atoms with Crippen LogP contribution in [-0.2, 0) is 24.3 Å². The molecule has 4 atom stereocenters. The summed E-state index contributed by atoms with van der Waals surface area (Å²) in [4.78, 5) is 33.6. The van der Waals surface area contributed by atoms with Gasteiger partial charge in [0.05, 0.1) is 76.9 Å². The number of hydrogen-bond donors (Lipinski definition) is 4. The number of alkyl halides is 6. The third-order valence-electron chi connectivity index (χ3n) is 12.8. The van der Waals surface area contributed by atoms with Gasteiger partial charge in [-0.2, -0.15) is 47.1 Å². The molecule has 0 unspecified atom stereocenters. The van der Waals surface area contributed by atoms with Crippen LogP contribution in [0.5, 0.6) is 0 Å². The van der Waals surface area contributed by atoms with E-state index in [1.807, 2.05) is 28.9 Å². The van der Waals surface area contributed by atoms with Gasteiger partial charge >= 0.3 is 18.3 Å². The zero-order valence-electron chi connectivity index (χ0n) is 38.7. The molecule has 2 aliphatic carbocycles. The normalized spacial score (nSPS) is 19.3. The van der Waals surface area contributed by atoms with Gasteiger partial charge < -0.3 is 34.7 Å². The molecule has 2 saturated carbocycles. The second-order valence-electron chi connectivity index (χ2n) is 18.4. The molecule has 372 valence electrons. The van der Waals surface area contributed by atoms with E-state index in [4.69, 9.17) is 15.6 Å². The highest BCUT2D eigenvalue weighted by Gasteiger charge is 2.56. The average molecular weight is 987 g/mol. The minimum Gasteiger partial charge on any atom is -0.476 e. The Labute approximate surface area is 402 Å². The van der Waals surface area contributed by atoms with Gasteiger partial charge in [-0.3, -0.25) is 14.2 Å². The number of nitrogens with zero attached hydrogens (tertiary/aromatic N) is 11. The number of aromatic carboxylic acids is 1. The molecular formula is C48H48F6N12O5. The molecule has 2 aromatic carbocycles. The molecule has 4 aliphatic rings. The van der Waals surface area contributed by atoms with Crippen molar-refractivity contribution in [2.24, 2.45) is 0 Å². The fraction of sp³-hybridized carbons (Fsp3) is 0.417. The molecule has 23 heteroatoms. The summed E-state index contributed by atoms with van der Waals surface area (Å²) in [6, 6.07) is 21.4. The van der Waals surface area contributed by atoms with Gasteiger partial charge in [0.2, 0.25) is 11.2 Å². The number of imidazole rings is 2. The van der Waals surface area contributed by atoms with Crippen molar-refractivity contribution in [3.05, 3.63) is 119 Å². The molecule has 2 aliphatic heterocycles. The van der Waals surface area contributed by atoms with Crippen LogP contribution < -0.4 is 5.32 Å². The summed E-state index contributed by atoms with van der Waals surface area (Å²) in [5.74, 6) is -2.17. The van der Waals surface area contributed by atoms with Crippen LogP contribution in [0.25, 0.3) is 22.5 Å². The van der Waals surface area contributed by atoms with Gasteiger partial charge in [-0.05, 0) is 101 Å². The molecule has 6 aromatic rings. The minimum absolute atomic E-state index is 0.0482. The lowest BCUT2D eigenvalue weighted by atomic mass is 10.0. The van der Waals surface area contributed by atoms with Crippen LogP contribution in [0.3, 0.4) is 0 Å². The number of halogens is 6. The van der Waals surface area contributed by atoms with Crippen LogP contribution in [0.15, 0.2) is 73.1 Å². The zero-order valence-corrected chi connectivity index (χ0v) is 38.7. The standard InChI is InChI=1S/C24H23F3N6O2.C14H11N3O2.C10H14F3N3O/c1-14-12-31(13-18-11-29-22(32(14)18)23(2,35)24(25,26)27)21(34)19-9-20(33(30-19)17-7-8-17)16-5-3-15(10-28)4-6-16;15-8-9-1-3-10(4-2-9)13-7-12(14(18)19)16-17(13)11-5-6-11;1-6-3-14-4-7-5-15-8(16(6)7)9(2,17)10(11,12)13/h3-6,9,11,14,17,35H,7-8,12-13H2,1-2H3;1-4,7,11H,5-6H2,(H,18,19);5-6,14,17H,3-4H2,1-2H3/t14-,23+;;6-,9+/m0.0/s1. The van der Waals surface area contributed by atoms with E-state index in [0.717, 1.165) is 55.1 Å². The first-order valence-corrected chi connectivity index (χ1v) is 22.6. The highest BCUT2D eigenvalue weighted by Crippen LogP contribution is 2.43. The topological polar surface area (TPSA) is 229 Å². The molecular weight excluding hydrogens is 939 g/mol. The van der Waals surface area contributed by atoms with Crippen molar-refractivity contribution >= 4 is 11.9 Å². The Morgan fingerprint density at radius 3 is 1.56 bits per heavy atom. The number of fused-ring (bicyclic) bond motifs is 2. The maximum atomic E-state index is 13.4. The Morgan fingerprint density at radius 2 is 1.13 bits per heavy atom. The van der Waals surface area contributed by atoms with Gasteiger partial charge in [0.1, 0.15) is 0 Å². The highest BCUT2D eigenvalue weighted by atomic mass is 19.4. The molecule has 0 bridgehead atoms. The number of carbonyl (C=O) groups is 2. The molecule has 10 rings (SSSR count). The van der Waals surface area contributed by atoms with Crippen LogP contribution in [0.1, 0.15) is 133 Å². The van der Waals surface area contributed by atoms with Gasteiger partial charge in [0, 0.05) is 31.9 Å². The van der Waals surface area contributed by atoms with Gasteiger partial charge in [-0.15, -0.1) is 0 Å². The molecule has 6 heterocycles. The number of aliphatic hydroxyl groups is 2. The fourth-order valence-electron chi connectivity index (χ4n) is 8.53. The number of carboxylic acid groups (broad SMARTS) is 1. The Morgan fingerprint density at radius 1 is 0.690 bits per heavy atom. The van der Waals surface area contributed by atoms with Gasteiger partial charge in [0.15, 0.2) is 23.0 Å². The van der Waals surface area contributed by atoms with E-state index in [0.29, 0.717) is 48.6 Å². The van der Waals surface area contributed by atoms with E-state index in [-0.39, 0.29) is 48.3 Å². The molecule has 0 radical (unpaired) electrons. The molecule has 4 N–H and O–H groups in total. The first-order chi connectivity index (χ1) is 33.4. The Balaban J connectivity index is 0.000000158. The largest absolute Gasteiger partial charge is 0.476 e. The van der Waals surface area contributed by atoms with Crippen LogP contribution in [0, 0.1) is 22.7 Å². The monoisotopic (exact) mass is 986 g/mol. The van der Waals surface area contributed by atoms with Crippen LogP contribution in [0.2, 0.25) is 0 Å². The van der Waals surface area contributed by atoms with E-state index < -0.39 is 41.4 Å². The Kier molecular flexibility index (Phi) is 13.2. The summed E-state index contributed by atoms with van der Waals surface area (Å²) in [5.41, 5.74) is -0.244. The Hall–Kier alpha value is -7.34. The smallest absolute Gasteiger partial charge is 0.424 e. The Bertz CT molecular complexity index is 3040. The van der Waals surface area contributed by atoms with Crippen molar-refractivity contribution in [2.75, 3.05) is 13.1 Å². The fourth-order valence-corrected chi connectivity index (χ4v) is 8.53. The van der Waals surface area contributed by atoms with Crippen LogP contribution in [-0.4, -0.2) is 96.2 Å². The number of hydrogen-bond acceptors (Lipinski definition) is 11. The van der Waals surface area contributed by atoms with Crippen molar-refractivity contribution < 1.29 is 51.3 Å². The van der Waals surface area contributed by atoms with Gasteiger partial charge in [-0.1, -0.05) is 24.3 Å². The molecule has 17 nitrogen and oxygen atoms in total. The summed E-state index contributed by atoms with van der Waals surface area (Å²) in [6.07, 6.45) is -3.00. The first-order valence-electron chi connectivity index (χ1n) is 22.6. The third kappa shape index (κ3) is 9.89. The summed E-state index contributed by atoms with van der Waals surface area (Å²) >= 11 is 0. The molecule has 0 spiro atoms. The van der Waals surface area contributed by atoms with Crippen LogP contribution >= 0.6 is 0 Å². The summed E-state index contributed by atoms with van der Waals surface area (Å²) < 4.78 is 85.0. The zero-order chi connectivity index (χ0) is 51.4. The molecule has 2 fully saturated rings. The maximum Gasteiger partial charge on any atom is 0.424 e. The lowest BCUT2D eigenvalue weighted by Crippen LogP contribution is -2.45. The maximum absolute atomic E-state index is 13.4. The van der Waals surface area contributed by atoms with Crippen molar-refractivity contribution in [3.63, 3.8) is 0 Å². The number of nitriles is 2. The summed E-state index contributed by atoms with van der Waals surface area (Å²) in [6.45, 7) is 6.10. The second kappa shape index (κ2) is 18.8. The molecule has 1 amide bonds. The number of carboxylic acids is 1. The average Bonchev–Trinajstić information content (AvgIpc) is 4.13. The number of rotatable bonds is 8. The van der Waals surface area contributed by atoms with Gasteiger partial charge in [-0.25, -0.2) is 14.8 Å². The quantitative estimate of drug-likeness (QED) is 0.108. The second-order valence-corrected chi connectivity index (χ2v) is 18.4. The molecule has 4 aromatic heterocycles. The molecule has 71 heavy (non-hydrogen) atoms. The van der Waals surface area contributed by atoms with Crippen molar-refractivity contribution in [3.8, 4) is 34.7 Å². The summed E-state index contributed by atoms with van der Waals surface area (Å²) in [7, 11) is 0. The number of carbonyl (C=O) groups excluding carboxylic acids is 1. The van der Waals surface area contributed by atoms with E-state index in [2.05, 4.69) is 37.6 Å². The predicted molar refractivity (Wildman–Crippen MR) is 240 cm³/mol. The van der Waals surface area contributed by atoms with Gasteiger partial charge in [0.25, 0.3) is 5.91 Å². The number of nitrogens with one attached hydrogen (secondary N) is 1. The van der Waals surface area contributed by atoms with E-state index in [9.17, 15) is 46.1 Å². The SMILES string of the molecule is C[C@H]1CN(C(=O)c2cc(-c3ccc(C#N)cc3)n(C3CC3)n2)Cc2cnc([C@@](C)(O)C(F)(F)F)n21.C[C@H]1CNCc2cnc([C@@](C)(O)C(F)(F)F)n21.N#Cc1ccc(-c2cc(C(=O)O)nn2C2CC2)cc1. The first kappa shape index (κ1) is 50.1. The molecule has 0 saturated heterocycles. The third-order valence-corrected chi connectivity index (χ3v) is 12.8. The lowest BCUT2D eigenvalue weighted by molar-refractivity contribution is -0.263. The predicted octanol–water partition coefficient (Wildman–Crippen LogP) is 7.71. The lowest BCUT2D eigenvalue weighted by Gasteiger charge is -2.35. The van der Waals surface area contributed by atoms with Crippen molar-refractivity contribution in [1.29, 1.82) is 10.5 Å². The number of aromatic nitrogens is 8. The van der Waals surface area contributed by atoms with Crippen molar-refractivity contribution in [2.45, 2.75) is 114 Å². The number of amides is 1. The van der Waals surface area contributed by atoms with Crippen LogP contribution in [0.4, 0.5) is 26.3 Å². The van der Waals surface area contributed by atoms with Crippen molar-refractivity contribution in [1.82, 2.24) is 48.9 Å². The number of benzene rings is 2. The van der Waals surface area contributed by atoms with E-state index in [1.165, 1.54) is 26.4 Å².